The summed E-state index contributed by atoms with van der Waals surface area (Å²) < 4.78 is 11.1. The van der Waals surface area contributed by atoms with Crippen molar-refractivity contribution < 1.29 is 24.2 Å². The third kappa shape index (κ3) is 2.99. The Hall–Kier alpha value is -2.86. The highest BCUT2D eigenvalue weighted by Crippen LogP contribution is 2.50. The van der Waals surface area contributed by atoms with Crippen molar-refractivity contribution in [2.75, 3.05) is 19.8 Å². The number of carboxylic acids is 1. The predicted molar refractivity (Wildman–Crippen MR) is 106 cm³/mol. The van der Waals surface area contributed by atoms with Gasteiger partial charge in [-0.3, -0.25) is 4.79 Å². The molecule has 1 aliphatic heterocycles. The van der Waals surface area contributed by atoms with Crippen LogP contribution in [0.25, 0.3) is 11.1 Å². The maximum Gasteiger partial charge on any atom is 0.407 e. The maximum atomic E-state index is 12.6. The van der Waals surface area contributed by atoms with Gasteiger partial charge in [-0.1, -0.05) is 48.5 Å². The number of hydrogen-bond acceptors (Lipinski definition) is 4. The SMILES string of the molecule is O=C(O)CC1(NC(=O)OCC2c3ccccc3-c3ccccc32)CC2COCC21. The molecular weight excluding hydrogens is 370 g/mol. The van der Waals surface area contributed by atoms with Crippen LogP contribution in [-0.2, 0) is 14.3 Å². The van der Waals surface area contributed by atoms with Crippen LogP contribution in [0.2, 0.25) is 0 Å². The predicted octanol–water partition coefficient (Wildman–Crippen LogP) is 3.40. The van der Waals surface area contributed by atoms with Gasteiger partial charge in [0.2, 0.25) is 0 Å². The number of rotatable bonds is 5. The molecule has 0 bridgehead atoms. The van der Waals surface area contributed by atoms with Crippen molar-refractivity contribution in [2.24, 2.45) is 11.8 Å². The fourth-order valence-corrected chi connectivity index (χ4v) is 5.37. The molecule has 1 amide bonds. The molecule has 2 aliphatic carbocycles. The average Bonchev–Trinajstić information content (AvgIpc) is 3.24. The molecule has 1 saturated heterocycles. The van der Waals surface area contributed by atoms with Crippen molar-refractivity contribution in [1.29, 1.82) is 0 Å². The van der Waals surface area contributed by atoms with Crippen LogP contribution in [0.4, 0.5) is 4.79 Å². The molecule has 1 saturated carbocycles. The van der Waals surface area contributed by atoms with E-state index >= 15 is 0 Å². The molecule has 3 aliphatic rings. The van der Waals surface area contributed by atoms with E-state index in [2.05, 4.69) is 29.6 Å². The van der Waals surface area contributed by atoms with E-state index in [0.717, 1.165) is 11.1 Å². The Morgan fingerprint density at radius 2 is 1.72 bits per heavy atom. The van der Waals surface area contributed by atoms with Crippen molar-refractivity contribution >= 4 is 12.1 Å². The Balaban J connectivity index is 1.30. The minimum Gasteiger partial charge on any atom is -0.481 e. The monoisotopic (exact) mass is 393 g/mol. The largest absolute Gasteiger partial charge is 0.481 e. The zero-order chi connectivity index (χ0) is 20.0. The summed E-state index contributed by atoms with van der Waals surface area (Å²) >= 11 is 0. The number of carboxylic acid groups (broad SMARTS) is 1. The summed E-state index contributed by atoms with van der Waals surface area (Å²) in [7, 11) is 0. The van der Waals surface area contributed by atoms with E-state index < -0.39 is 17.6 Å². The number of amides is 1. The molecule has 2 N–H and O–H groups in total. The first-order valence-corrected chi connectivity index (χ1v) is 10.00. The summed E-state index contributed by atoms with van der Waals surface area (Å²) in [5.41, 5.74) is 3.87. The number of hydrogen-bond donors (Lipinski definition) is 2. The molecule has 6 nitrogen and oxygen atoms in total. The van der Waals surface area contributed by atoms with Crippen molar-refractivity contribution in [3.05, 3.63) is 59.7 Å². The van der Waals surface area contributed by atoms with Gasteiger partial charge < -0.3 is 19.9 Å². The highest BCUT2D eigenvalue weighted by molar-refractivity contribution is 5.79. The van der Waals surface area contributed by atoms with Gasteiger partial charge in [-0.15, -0.1) is 0 Å². The highest BCUT2D eigenvalue weighted by Gasteiger charge is 2.58. The highest BCUT2D eigenvalue weighted by atomic mass is 16.5. The minimum atomic E-state index is -0.922. The zero-order valence-electron chi connectivity index (χ0n) is 16.0. The molecule has 0 aromatic heterocycles. The lowest BCUT2D eigenvalue weighted by Gasteiger charge is -2.50. The van der Waals surface area contributed by atoms with E-state index in [1.54, 1.807) is 0 Å². The topological polar surface area (TPSA) is 84.9 Å². The van der Waals surface area contributed by atoms with E-state index in [-0.39, 0.29) is 24.9 Å². The summed E-state index contributed by atoms with van der Waals surface area (Å²) in [5.74, 6) is -0.579. The zero-order valence-corrected chi connectivity index (χ0v) is 16.0. The fourth-order valence-electron chi connectivity index (χ4n) is 5.37. The van der Waals surface area contributed by atoms with Crippen LogP contribution in [0.1, 0.15) is 29.9 Å². The number of alkyl carbamates (subject to hydrolysis) is 1. The molecule has 2 fully saturated rings. The second-order valence-electron chi connectivity index (χ2n) is 8.29. The third-order valence-electron chi connectivity index (χ3n) is 6.70. The van der Waals surface area contributed by atoms with Crippen LogP contribution >= 0.6 is 0 Å². The van der Waals surface area contributed by atoms with E-state index in [1.165, 1.54) is 11.1 Å². The number of nitrogens with one attached hydrogen (secondary N) is 1. The maximum absolute atomic E-state index is 12.6. The van der Waals surface area contributed by atoms with E-state index in [4.69, 9.17) is 9.47 Å². The molecular formula is C23H23NO5. The Bertz CT molecular complexity index is 928. The summed E-state index contributed by atoms with van der Waals surface area (Å²) in [5, 5.41) is 12.2. The van der Waals surface area contributed by atoms with Gasteiger partial charge in [0.25, 0.3) is 0 Å². The number of benzene rings is 2. The average molecular weight is 393 g/mol. The van der Waals surface area contributed by atoms with E-state index in [0.29, 0.717) is 25.6 Å². The first kappa shape index (κ1) is 18.2. The molecule has 3 unspecified atom stereocenters. The van der Waals surface area contributed by atoms with Crippen LogP contribution in [0.5, 0.6) is 0 Å². The first-order chi connectivity index (χ1) is 14.1. The summed E-state index contributed by atoms with van der Waals surface area (Å²) in [6.07, 6.45) is -0.0472. The summed E-state index contributed by atoms with van der Waals surface area (Å²) in [6, 6.07) is 16.3. The second kappa shape index (κ2) is 6.88. The van der Waals surface area contributed by atoms with Gasteiger partial charge in [-0.25, -0.2) is 4.79 Å². The molecule has 1 heterocycles. The fraction of sp³-hybridized carbons (Fsp3) is 0.391. The molecule has 2 aromatic carbocycles. The minimum absolute atomic E-state index is 0.0208. The van der Waals surface area contributed by atoms with Crippen LogP contribution in [0, 0.1) is 11.8 Å². The molecule has 5 rings (SSSR count). The number of fused-ring (bicyclic) bond motifs is 4. The molecule has 150 valence electrons. The van der Waals surface area contributed by atoms with Crippen molar-refractivity contribution in [3.63, 3.8) is 0 Å². The molecule has 0 radical (unpaired) electrons. The van der Waals surface area contributed by atoms with Crippen molar-refractivity contribution in [2.45, 2.75) is 24.3 Å². The molecule has 0 spiro atoms. The number of carbonyl (C=O) groups excluding carboxylic acids is 1. The molecule has 6 heteroatoms. The van der Waals surface area contributed by atoms with Gasteiger partial charge in [0.1, 0.15) is 6.61 Å². The van der Waals surface area contributed by atoms with Gasteiger partial charge in [-0.05, 0) is 34.6 Å². The van der Waals surface area contributed by atoms with Gasteiger partial charge in [-0.2, -0.15) is 0 Å². The lowest BCUT2D eigenvalue weighted by molar-refractivity contribution is -0.141. The van der Waals surface area contributed by atoms with Gasteiger partial charge in [0.05, 0.1) is 18.6 Å². The number of aliphatic carboxylic acids is 1. The third-order valence-corrected chi connectivity index (χ3v) is 6.70. The second-order valence-corrected chi connectivity index (χ2v) is 8.29. The van der Waals surface area contributed by atoms with Crippen molar-refractivity contribution in [1.82, 2.24) is 5.32 Å². The Kier molecular flexibility index (Phi) is 4.32. The number of carbonyl (C=O) groups is 2. The van der Waals surface area contributed by atoms with Crippen LogP contribution < -0.4 is 5.32 Å². The number of ether oxygens (including phenoxy) is 2. The van der Waals surface area contributed by atoms with Crippen LogP contribution in [-0.4, -0.2) is 42.5 Å². The molecule has 29 heavy (non-hydrogen) atoms. The first-order valence-electron chi connectivity index (χ1n) is 10.00. The Morgan fingerprint density at radius 3 is 2.34 bits per heavy atom. The Morgan fingerprint density at radius 1 is 1.07 bits per heavy atom. The standard InChI is InChI=1S/C23H23NO5/c25-21(26)10-23(9-14-11-28-13-20(14)23)24-22(27)29-12-19-17-7-3-1-5-15(17)16-6-2-4-8-18(16)19/h1-8,14,19-20H,9-13H2,(H,24,27)(H,25,26). The summed E-state index contributed by atoms with van der Waals surface area (Å²) in [4.78, 5) is 24.0. The van der Waals surface area contributed by atoms with Gasteiger partial charge >= 0.3 is 12.1 Å². The lowest BCUT2D eigenvalue weighted by atomic mass is 9.59. The molecule has 2 aromatic rings. The van der Waals surface area contributed by atoms with Crippen molar-refractivity contribution in [3.8, 4) is 11.1 Å². The lowest BCUT2D eigenvalue weighted by Crippen LogP contribution is -2.65. The van der Waals surface area contributed by atoms with Gasteiger partial charge in [0.15, 0.2) is 0 Å². The molecule has 3 atom stereocenters. The summed E-state index contributed by atoms with van der Waals surface area (Å²) in [6.45, 7) is 1.34. The van der Waals surface area contributed by atoms with Crippen LogP contribution in [0.3, 0.4) is 0 Å². The van der Waals surface area contributed by atoms with E-state index in [1.807, 2.05) is 24.3 Å². The Labute approximate surface area is 168 Å². The quantitative estimate of drug-likeness (QED) is 0.813. The van der Waals surface area contributed by atoms with Gasteiger partial charge in [0, 0.05) is 18.4 Å². The van der Waals surface area contributed by atoms with Crippen LogP contribution in [0.15, 0.2) is 48.5 Å². The smallest absolute Gasteiger partial charge is 0.407 e. The van der Waals surface area contributed by atoms with E-state index in [9.17, 15) is 14.7 Å². The normalized spacial score (nSPS) is 26.8.